The van der Waals surface area contributed by atoms with Crippen LogP contribution < -0.4 is 5.32 Å². The van der Waals surface area contributed by atoms with Crippen molar-refractivity contribution in [3.8, 4) is 0 Å². The van der Waals surface area contributed by atoms with Crippen LogP contribution in [0, 0.1) is 17.0 Å². The molecule has 1 N–H and O–H groups in total. The van der Waals surface area contributed by atoms with Crippen LogP contribution in [-0.4, -0.2) is 20.6 Å². The van der Waals surface area contributed by atoms with E-state index < -0.39 is 4.92 Å². The highest BCUT2D eigenvalue weighted by molar-refractivity contribution is 7.99. The first-order valence-electron chi connectivity index (χ1n) is 8.32. The summed E-state index contributed by atoms with van der Waals surface area (Å²) in [6.07, 6.45) is 3.10. The topological polar surface area (TPSA) is 90.1 Å². The number of amides is 1. The predicted octanol–water partition coefficient (Wildman–Crippen LogP) is 4.52. The summed E-state index contributed by atoms with van der Waals surface area (Å²) < 4.78 is 1.64. The molecule has 0 saturated carbocycles. The van der Waals surface area contributed by atoms with Crippen LogP contribution in [0.5, 0.6) is 0 Å². The Morgan fingerprint density at radius 2 is 1.96 bits per heavy atom. The largest absolute Gasteiger partial charge is 0.322 e. The van der Waals surface area contributed by atoms with Crippen molar-refractivity contribution in [2.75, 3.05) is 5.32 Å². The fraction of sp³-hybridized carbons (Fsp3) is 0.158. The highest BCUT2D eigenvalue weighted by Crippen LogP contribution is 2.33. The second-order valence-electron chi connectivity index (χ2n) is 5.93. The molecule has 138 valence electrons. The fourth-order valence-corrected chi connectivity index (χ4v) is 3.33. The van der Waals surface area contributed by atoms with Crippen LogP contribution >= 0.6 is 11.8 Å². The first-order valence-corrected chi connectivity index (χ1v) is 9.14. The van der Waals surface area contributed by atoms with Crippen molar-refractivity contribution in [1.82, 2.24) is 9.78 Å². The van der Waals surface area contributed by atoms with E-state index in [1.54, 1.807) is 16.9 Å². The van der Waals surface area contributed by atoms with Crippen LogP contribution in [0.4, 0.5) is 11.4 Å². The predicted molar refractivity (Wildman–Crippen MR) is 104 cm³/mol. The number of nitro benzene ring substituents is 1. The SMILES string of the molecule is CCn1cc(C(=O)Nc2cc(Sc3ccc(C)cc3)cc([N+](=O)[O-])c2)cn1. The zero-order valence-electron chi connectivity index (χ0n) is 14.9. The van der Waals surface area contributed by atoms with Gasteiger partial charge in [0.25, 0.3) is 11.6 Å². The quantitative estimate of drug-likeness (QED) is 0.500. The average molecular weight is 382 g/mol. The third-order valence-electron chi connectivity index (χ3n) is 3.84. The number of anilines is 1. The Balaban J connectivity index is 1.85. The van der Waals surface area contributed by atoms with E-state index in [9.17, 15) is 14.9 Å². The van der Waals surface area contributed by atoms with Gasteiger partial charge in [-0.3, -0.25) is 19.6 Å². The molecule has 0 radical (unpaired) electrons. The van der Waals surface area contributed by atoms with Crippen molar-refractivity contribution in [3.63, 3.8) is 0 Å². The van der Waals surface area contributed by atoms with Crippen molar-refractivity contribution >= 4 is 29.0 Å². The Hall–Kier alpha value is -3.13. The number of aromatic nitrogens is 2. The lowest BCUT2D eigenvalue weighted by atomic mass is 10.2. The summed E-state index contributed by atoms with van der Waals surface area (Å²) in [5.41, 5.74) is 1.83. The van der Waals surface area contributed by atoms with Crippen molar-refractivity contribution in [1.29, 1.82) is 0 Å². The zero-order valence-corrected chi connectivity index (χ0v) is 15.7. The van der Waals surface area contributed by atoms with Gasteiger partial charge in [-0.2, -0.15) is 5.10 Å². The number of hydrogen-bond acceptors (Lipinski definition) is 5. The van der Waals surface area contributed by atoms with Gasteiger partial charge in [0.2, 0.25) is 0 Å². The molecule has 3 aromatic rings. The highest BCUT2D eigenvalue weighted by Gasteiger charge is 2.14. The van der Waals surface area contributed by atoms with E-state index in [0.717, 1.165) is 10.5 Å². The molecule has 0 atom stereocenters. The lowest BCUT2D eigenvalue weighted by molar-refractivity contribution is -0.385. The minimum absolute atomic E-state index is 0.0772. The van der Waals surface area contributed by atoms with Gasteiger partial charge in [0.05, 0.1) is 16.7 Å². The van der Waals surface area contributed by atoms with E-state index in [1.165, 1.54) is 30.1 Å². The highest BCUT2D eigenvalue weighted by atomic mass is 32.2. The van der Waals surface area contributed by atoms with Crippen LogP contribution in [0.1, 0.15) is 22.8 Å². The molecule has 0 bridgehead atoms. The van der Waals surface area contributed by atoms with Gasteiger partial charge < -0.3 is 5.32 Å². The van der Waals surface area contributed by atoms with Crippen LogP contribution in [-0.2, 0) is 6.54 Å². The number of carbonyl (C=O) groups excluding carboxylic acids is 1. The summed E-state index contributed by atoms with van der Waals surface area (Å²) in [5.74, 6) is -0.360. The van der Waals surface area contributed by atoms with Crippen molar-refractivity contribution < 1.29 is 9.72 Å². The zero-order chi connectivity index (χ0) is 19.4. The van der Waals surface area contributed by atoms with Crippen molar-refractivity contribution in [3.05, 3.63) is 76.1 Å². The summed E-state index contributed by atoms with van der Waals surface area (Å²) in [4.78, 5) is 24.8. The Morgan fingerprint density at radius 3 is 2.59 bits per heavy atom. The second kappa shape index (κ2) is 8.05. The first kappa shape index (κ1) is 18.7. The van der Waals surface area contributed by atoms with E-state index in [2.05, 4.69) is 10.4 Å². The molecule has 0 unspecified atom stereocenters. The van der Waals surface area contributed by atoms with E-state index in [4.69, 9.17) is 0 Å². The summed E-state index contributed by atoms with van der Waals surface area (Å²) in [5, 5.41) is 18.1. The molecule has 1 amide bonds. The third kappa shape index (κ3) is 4.73. The molecule has 0 aliphatic carbocycles. The van der Waals surface area contributed by atoms with Gasteiger partial charge in [0.15, 0.2) is 0 Å². The number of non-ortho nitro benzene ring substituents is 1. The van der Waals surface area contributed by atoms with Gasteiger partial charge in [-0.15, -0.1) is 0 Å². The van der Waals surface area contributed by atoms with Crippen molar-refractivity contribution in [2.45, 2.75) is 30.2 Å². The normalized spacial score (nSPS) is 10.6. The van der Waals surface area contributed by atoms with Gasteiger partial charge in [0, 0.05) is 40.4 Å². The van der Waals surface area contributed by atoms with Gasteiger partial charge in [0.1, 0.15) is 0 Å². The van der Waals surface area contributed by atoms with Gasteiger partial charge in [-0.25, -0.2) is 0 Å². The molecule has 2 aromatic carbocycles. The lowest BCUT2D eigenvalue weighted by Gasteiger charge is -2.07. The molecule has 0 spiro atoms. The first-order chi connectivity index (χ1) is 12.9. The smallest absolute Gasteiger partial charge is 0.272 e. The Morgan fingerprint density at radius 1 is 1.22 bits per heavy atom. The third-order valence-corrected chi connectivity index (χ3v) is 4.82. The summed E-state index contributed by atoms with van der Waals surface area (Å²) >= 11 is 1.40. The minimum Gasteiger partial charge on any atom is -0.322 e. The molecular weight excluding hydrogens is 364 g/mol. The Bertz CT molecular complexity index is 983. The molecule has 7 nitrogen and oxygen atoms in total. The molecule has 1 heterocycles. The van der Waals surface area contributed by atoms with Crippen LogP contribution in [0.3, 0.4) is 0 Å². The Labute approximate surface area is 160 Å². The number of nitrogens with one attached hydrogen (secondary N) is 1. The maximum absolute atomic E-state index is 12.4. The van der Waals surface area contributed by atoms with E-state index in [-0.39, 0.29) is 11.6 Å². The van der Waals surface area contributed by atoms with Crippen molar-refractivity contribution in [2.24, 2.45) is 0 Å². The molecule has 27 heavy (non-hydrogen) atoms. The number of nitrogens with zero attached hydrogens (tertiary/aromatic N) is 3. The van der Waals surface area contributed by atoms with Crippen LogP contribution in [0.15, 0.2) is 64.6 Å². The molecule has 0 aliphatic rings. The van der Waals surface area contributed by atoms with Gasteiger partial charge in [-0.05, 0) is 32.0 Å². The molecular formula is C19H18N4O3S. The van der Waals surface area contributed by atoms with E-state index >= 15 is 0 Å². The molecule has 8 heteroatoms. The van der Waals surface area contributed by atoms with Gasteiger partial charge >= 0.3 is 0 Å². The van der Waals surface area contributed by atoms with Crippen LogP contribution in [0.2, 0.25) is 0 Å². The van der Waals surface area contributed by atoms with E-state index in [0.29, 0.717) is 22.7 Å². The lowest BCUT2D eigenvalue weighted by Crippen LogP contribution is -2.11. The second-order valence-corrected chi connectivity index (χ2v) is 7.07. The summed E-state index contributed by atoms with van der Waals surface area (Å²) in [7, 11) is 0. The standard InChI is InChI=1S/C19H18N4O3S/c1-3-22-12-14(11-20-22)19(24)21-15-8-16(23(25)26)10-18(9-15)27-17-6-4-13(2)5-7-17/h4-12H,3H2,1-2H3,(H,21,24). The minimum atomic E-state index is -0.468. The van der Waals surface area contributed by atoms with Crippen LogP contribution in [0.25, 0.3) is 0 Å². The molecule has 0 fully saturated rings. The number of aryl methyl sites for hydroxylation is 2. The molecule has 0 aliphatic heterocycles. The average Bonchev–Trinajstić information content (AvgIpc) is 3.13. The molecule has 1 aromatic heterocycles. The number of benzene rings is 2. The fourth-order valence-electron chi connectivity index (χ4n) is 2.42. The van der Waals surface area contributed by atoms with E-state index in [1.807, 2.05) is 38.1 Å². The molecule has 0 saturated heterocycles. The molecule has 3 rings (SSSR count). The Kier molecular flexibility index (Phi) is 5.56. The number of carbonyl (C=O) groups is 1. The maximum atomic E-state index is 12.4. The summed E-state index contributed by atoms with van der Waals surface area (Å²) in [6, 6.07) is 12.4. The number of rotatable bonds is 6. The number of nitro groups is 1. The number of hydrogen-bond donors (Lipinski definition) is 1. The monoisotopic (exact) mass is 382 g/mol. The maximum Gasteiger partial charge on any atom is 0.272 e. The van der Waals surface area contributed by atoms with Gasteiger partial charge in [-0.1, -0.05) is 29.5 Å². The summed E-state index contributed by atoms with van der Waals surface area (Å²) in [6.45, 7) is 4.57.